The van der Waals surface area contributed by atoms with E-state index in [-0.39, 0.29) is 18.3 Å². The van der Waals surface area contributed by atoms with Gasteiger partial charge in [-0.1, -0.05) is 0 Å². The molecule has 0 bridgehead atoms. The Morgan fingerprint density at radius 1 is 0.885 bits per heavy atom. The highest BCUT2D eigenvalue weighted by Crippen LogP contribution is 2.22. The number of rotatable bonds is 12. The van der Waals surface area contributed by atoms with E-state index in [0.717, 1.165) is 45.6 Å². The Balaban J connectivity index is 1.55. The van der Waals surface area contributed by atoms with E-state index in [1.165, 1.54) is 12.8 Å². The molecule has 6 heteroatoms. The van der Waals surface area contributed by atoms with Crippen LogP contribution >= 0.6 is 0 Å². The van der Waals surface area contributed by atoms with Crippen LogP contribution in [0.1, 0.15) is 46.5 Å². The van der Waals surface area contributed by atoms with Gasteiger partial charge in [-0.15, -0.1) is 0 Å². The monoisotopic (exact) mass is 372 g/mol. The summed E-state index contributed by atoms with van der Waals surface area (Å²) >= 11 is 0. The van der Waals surface area contributed by atoms with Crippen molar-refractivity contribution in [3.05, 3.63) is 0 Å². The average molecular weight is 373 g/mol. The molecule has 0 spiro atoms. The molecule has 2 unspecified atom stereocenters. The van der Waals surface area contributed by atoms with Gasteiger partial charge in [-0.2, -0.15) is 0 Å². The zero-order valence-electron chi connectivity index (χ0n) is 17.0. The van der Waals surface area contributed by atoms with Gasteiger partial charge in [0.15, 0.2) is 0 Å². The van der Waals surface area contributed by atoms with E-state index in [2.05, 4.69) is 16.7 Å². The summed E-state index contributed by atoms with van der Waals surface area (Å²) < 4.78 is 11.4. The Bertz CT molecular complexity index is 377. The quantitative estimate of drug-likeness (QED) is 0.539. The Labute approximate surface area is 159 Å². The lowest BCUT2D eigenvalue weighted by Crippen LogP contribution is -2.35. The number of aliphatic hydroxyl groups is 2. The summed E-state index contributed by atoms with van der Waals surface area (Å²) in [5.74, 6) is 0.610. The molecule has 2 saturated heterocycles. The van der Waals surface area contributed by atoms with E-state index in [1.807, 2.05) is 13.8 Å². The predicted molar refractivity (Wildman–Crippen MR) is 103 cm³/mol. The van der Waals surface area contributed by atoms with Gasteiger partial charge in [0.1, 0.15) is 0 Å². The minimum absolute atomic E-state index is 0.162. The topological polar surface area (TPSA) is 65.4 Å². The summed E-state index contributed by atoms with van der Waals surface area (Å²) in [6.45, 7) is 12.6. The van der Waals surface area contributed by atoms with E-state index in [9.17, 15) is 10.2 Å². The molecule has 154 valence electrons. The van der Waals surface area contributed by atoms with Gasteiger partial charge in [-0.25, -0.2) is 0 Å². The fourth-order valence-corrected chi connectivity index (χ4v) is 4.05. The minimum atomic E-state index is -0.412. The summed E-state index contributed by atoms with van der Waals surface area (Å²) in [5.41, 5.74) is 0. The average Bonchev–Trinajstić information content (AvgIpc) is 3.23. The third kappa shape index (κ3) is 8.63. The van der Waals surface area contributed by atoms with Gasteiger partial charge in [0.05, 0.1) is 37.6 Å². The van der Waals surface area contributed by atoms with Crippen LogP contribution in [-0.4, -0.2) is 96.9 Å². The third-order valence-electron chi connectivity index (χ3n) is 5.37. The number of ether oxygens (including phenoxy) is 2. The number of β-amino-alcohol motifs (C(OH)–C–C–N with tert-alkyl or cyclic N) is 2. The largest absolute Gasteiger partial charge is 0.389 e. The first-order chi connectivity index (χ1) is 12.4. The molecule has 26 heavy (non-hydrogen) atoms. The van der Waals surface area contributed by atoms with Crippen LogP contribution in [0.5, 0.6) is 0 Å². The molecule has 0 aliphatic carbocycles. The first-order valence-electron chi connectivity index (χ1n) is 10.5. The van der Waals surface area contributed by atoms with Crippen LogP contribution in [0.4, 0.5) is 0 Å². The number of nitrogens with zero attached hydrogens (tertiary/aromatic N) is 2. The van der Waals surface area contributed by atoms with Crippen LogP contribution in [-0.2, 0) is 9.47 Å². The van der Waals surface area contributed by atoms with Crippen LogP contribution in [0.3, 0.4) is 0 Å². The van der Waals surface area contributed by atoms with E-state index >= 15 is 0 Å². The lowest BCUT2D eigenvalue weighted by molar-refractivity contribution is -0.0207. The summed E-state index contributed by atoms with van der Waals surface area (Å²) in [4.78, 5) is 4.65. The van der Waals surface area contributed by atoms with Crippen molar-refractivity contribution in [3.63, 3.8) is 0 Å². The van der Waals surface area contributed by atoms with Crippen molar-refractivity contribution in [1.29, 1.82) is 0 Å². The molecule has 2 rings (SSSR count). The number of hydrogen-bond acceptors (Lipinski definition) is 6. The van der Waals surface area contributed by atoms with Crippen molar-refractivity contribution in [2.24, 2.45) is 5.92 Å². The minimum Gasteiger partial charge on any atom is -0.389 e. The number of likely N-dealkylation sites (tertiary alicyclic amines) is 2. The molecule has 4 atom stereocenters. The highest BCUT2D eigenvalue weighted by Gasteiger charge is 2.26. The predicted octanol–water partition coefficient (Wildman–Crippen LogP) is 1.35. The first kappa shape index (κ1) is 22.1. The second kappa shape index (κ2) is 11.6. The van der Waals surface area contributed by atoms with E-state index < -0.39 is 6.10 Å². The first-order valence-corrected chi connectivity index (χ1v) is 10.5. The van der Waals surface area contributed by atoms with Crippen LogP contribution in [0.25, 0.3) is 0 Å². The van der Waals surface area contributed by atoms with E-state index in [4.69, 9.17) is 9.47 Å². The van der Waals surface area contributed by atoms with Crippen molar-refractivity contribution in [3.8, 4) is 0 Å². The van der Waals surface area contributed by atoms with E-state index in [0.29, 0.717) is 25.7 Å². The number of hydrogen-bond donors (Lipinski definition) is 2. The lowest BCUT2D eigenvalue weighted by Gasteiger charge is -2.23. The summed E-state index contributed by atoms with van der Waals surface area (Å²) in [7, 11) is 0. The molecule has 6 nitrogen and oxygen atoms in total. The Hall–Kier alpha value is -0.240. The molecule has 2 N–H and O–H groups in total. The van der Waals surface area contributed by atoms with Gasteiger partial charge in [0.2, 0.25) is 0 Å². The summed E-state index contributed by atoms with van der Waals surface area (Å²) in [5, 5.41) is 20.2. The van der Waals surface area contributed by atoms with Gasteiger partial charge in [-0.05, 0) is 72.0 Å². The Morgan fingerprint density at radius 3 is 2.15 bits per heavy atom. The van der Waals surface area contributed by atoms with Gasteiger partial charge in [0.25, 0.3) is 0 Å². The fourth-order valence-electron chi connectivity index (χ4n) is 4.05. The molecule has 0 saturated carbocycles. The summed E-state index contributed by atoms with van der Waals surface area (Å²) in [6.07, 6.45) is 4.21. The smallest absolute Gasteiger partial charge is 0.0900 e. The molecular weight excluding hydrogens is 332 g/mol. The normalized spacial score (nSPS) is 25.8. The van der Waals surface area contributed by atoms with Crippen LogP contribution < -0.4 is 0 Å². The molecule has 0 aromatic heterocycles. The standard InChI is InChI=1S/C20H40N2O4/c1-16(2)25-14-20(24)13-22-9-6-18(11-22)10-17(3)26-15-19(23)12-21-7-4-5-8-21/h16-20,23-24H,4-15H2,1-3H3/t17?,18?,19-,20+/m0/s1. The Morgan fingerprint density at radius 2 is 1.50 bits per heavy atom. The summed E-state index contributed by atoms with van der Waals surface area (Å²) in [6, 6.07) is 0. The molecule has 2 aliphatic heterocycles. The molecule has 0 amide bonds. The molecule has 2 heterocycles. The second-order valence-corrected chi connectivity index (χ2v) is 8.49. The molecular formula is C20H40N2O4. The molecule has 2 aliphatic rings. The van der Waals surface area contributed by atoms with Crippen molar-refractivity contribution in [2.75, 3.05) is 52.5 Å². The maximum atomic E-state index is 10.1. The second-order valence-electron chi connectivity index (χ2n) is 8.49. The van der Waals surface area contributed by atoms with Crippen LogP contribution in [0.2, 0.25) is 0 Å². The van der Waals surface area contributed by atoms with Crippen molar-refractivity contribution < 1.29 is 19.7 Å². The van der Waals surface area contributed by atoms with Crippen molar-refractivity contribution in [1.82, 2.24) is 9.80 Å². The molecule has 0 aromatic rings. The highest BCUT2D eigenvalue weighted by molar-refractivity contribution is 4.79. The zero-order valence-corrected chi connectivity index (χ0v) is 17.0. The number of aliphatic hydroxyl groups excluding tert-OH is 2. The molecule has 0 radical (unpaired) electrons. The van der Waals surface area contributed by atoms with Crippen LogP contribution in [0.15, 0.2) is 0 Å². The van der Waals surface area contributed by atoms with Gasteiger partial charge in [0, 0.05) is 19.6 Å². The van der Waals surface area contributed by atoms with Crippen molar-refractivity contribution >= 4 is 0 Å². The zero-order chi connectivity index (χ0) is 18.9. The van der Waals surface area contributed by atoms with E-state index in [1.54, 1.807) is 0 Å². The molecule has 2 fully saturated rings. The van der Waals surface area contributed by atoms with Gasteiger partial charge < -0.3 is 29.5 Å². The van der Waals surface area contributed by atoms with Gasteiger partial charge in [-0.3, -0.25) is 0 Å². The van der Waals surface area contributed by atoms with Crippen molar-refractivity contribution in [2.45, 2.75) is 70.9 Å². The highest BCUT2D eigenvalue weighted by atomic mass is 16.5. The molecule has 0 aromatic carbocycles. The fraction of sp³-hybridized carbons (Fsp3) is 1.00. The Kier molecular flexibility index (Phi) is 9.81. The SMILES string of the molecule is CC(C)OC[C@H](O)CN1CCC(CC(C)OC[C@@H](O)CN2CCCC2)C1. The third-order valence-corrected chi connectivity index (χ3v) is 5.37. The van der Waals surface area contributed by atoms with Gasteiger partial charge >= 0.3 is 0 Å². The van der Waals surface area contributed by atoms with Crippen LogP contribution in [0, 0.1) is 5.92 Å². The maximum absolute atomic E-state index is 10.1. The maximum Gasteiger partial charge on any atom is 0.0900 e. The lowest BCUT2D eigenvalue weighted by atomic mass is 10.0.